The molecule has 2 nitrogen and oxygen atoms in total. The van der Waals surface area contributed by atoms with Gasteiger partial charge in [0.1, 0.15) is 5.15 Å². The van der Waals surface area contributed by atoms with Crippen molar-refractivity contribution in [2.45, 2.75) is 19.8 Å². The van der Waals surface area contributed by atoms with Gasteiger partial charge in [-0.1, -0.05) is 54.7 Å². The minimum absolute atomic E-state index is 0.466. The average molecular weight is 317 g/mol. The maximum atomic E-state index is 6.34. The summed E-state index contributed by atoms with van der Waals surface area (Å²) >= 11 is 12.5. The molecule has 0 amide bonds. The fraction of sp³-hybridized carbons (Fsp3) is 0.176. The van der Waals surface area contributed by atoms with Crippen LogP contribution in [0.15, 0.2) is 42.5 Å². The Labute approximate surface area is 133 Å². The third-order valence-electron chi connectivity index (χ3n) is 3.37. The number of halogens is 2. The highest BCUT2D eigenvalue weighted by Crippen LogP contribution is 2.29. The molecule has 1 heterocycles. The summed E-state index contributed by atoms with van der Waals surface area (Å²) in [5.41, 5.74) is 2.88. The van der Waals surface area contributed by atoms with E-state index in [1.807, 2.05) is 30.3 Å². The molecule has 21 heavy (non-hydrogen) atoms. The van der Waals surface area contributed by atoms with Crippen LogP contribution in [0.25, 0.3) is 22.3 Å². The normalized spacial score (nSPS) is 11.0. The van der Waals surface area contributed by atoms with Crippen LogP contribution in [0.3, 0.4) is 0 Å². The minimum atomic E-state index is 0.466. The molecule has 0 N–H and O–H groups in total. The predicted molar refractivity (Wildman–Crippen MR) is 89.0 cm³/mol. The van der Waals surface area contributed by atoms with E-state index >= 15 is 0 Å². The molecule has 1 aromatic heterocycles. The molecular weight excluding hydrogens is 303 g/mol. The quantitative estimate of drug-likeness (QED) is 0.591. The van der Waals surface area contributed by atoms with Crippen LogP contribution in [0.4, 0.5) is 0 Å². The van der Waals surface area contributed by atoms with Crippen molar-refractivity contribution in [3.8, 4) is 11.4 Å². The number of aromatic nitrogens is 2. The lowest BCUT2D eigenvalue weighted by atomic mass is 10.1. The van der Waals surface area contributed by atoms with Gasteiger partial charge in [0.25, 0.3) is 0 Å². The number of aryl methyl sites for hydroxylation is 1. The fourth-order valence-corrected chi connectivity index (χ4v) is 2.80. The number of benzene rings is 2. The van der Waals surface area contributed by atoms with Crippen LogP contribution >= 0.6 is 23.2 Å². The monoisotopic (exact) mass is 316 g/mol. The van der Waals surface area contributed by atoms with Crippen molar-refractivity contribution in [3.63, 3.8) is 0 Å². The molecule has 0 fully saturated rings. The summed E-state index contributed by atoms with van der Waals surface area (Å²) in [6.45, 7) is 2.16. The lowest BCUT2D eigenvalue weighted by Gasteiger charge is -2.07. The van der Waals surface area contributed by atoms with Gasteiger partial charge in [-0.25, -0.2) is 9.97 Å². The molecule has 0 aliphatic heterocycles. The Bertz CT molecular complexity index is 800. The summed E-state index contributed by atoms with van der Waals surface area (Å²) in [4.78, 5) is 8.99. The van der Waals surface area contributed by atoms with E-state index in [0.29, 0.717) is 16.0 Å². The average Bonchev–Trinajstić information content (AvgIpc) is 2.48. The zero-order valence-corrected chi connectivity index (χ0v) is 13.1. The van der Waals surface area contributed by atoms with Crippen LogP contribution in [0.2, 0.25) is 10.2 Å². The first-order valence-corrected chi connectivity index (χ1v) is 7.65. The fourth-order valence-electron chi connectivity index (χ4n) is 2.35. The van der Waals surface area contributed by atoms with Crippen molar-refractivity contribution >= 4 is 34.1 Å². The lowest BCUT2D eigenvalue weighted by molar-refractivity contribution is 0.923. The maximum absolute atomic E-state index is 6.34. The van der Waals surface area contributed by atoms with Crippen LogP contribution in [0.1, 0.15) is 18.9 Å². The number of hydrogen-bond donors (Lipinski definition) is 0. The number of hydrogen-bond acceptors (Lipinski definition) is 2. The van der Waals surface area contributed by atoms with E-state index in [-0.39, 0.29) is 0 Å². The highest BCUT2D eigenvalue weighted by Gasteiger charge is 2.10. The second kappa shape index (κ2) is 6.00. The van der Waals surface area contributed by atoms with Crippen molar-refractivity contribution in [2.24, 2.45) is 0 Å². The van der Waals surface area contributed by atoms with E-state index in [2.05, 4.69) is 29.0 Å². The third kappa shape index (κ3) is 2.87. The summed E-state index contributed by atoms with van der Waals surface area (Å²) < 4.78 is 0. The Balaban J connectivity index is 2.16. The molecule has 2 aromatic carbocycles. The van der Waals surface area contributed by atoms with Crippen LogP contribution in [0, 0.1) is 0 Å². The first-order valence-electron chi connectivity index (χ1n) is 6.90. The molecule has 106 valence electrons. The topological polar surface area (TPSA) is 25.8 Å². The lowest BCUT2D eigenvalue weighted by Crippen LogP contribution is -1.94. The van der Waals surface area contributed by atoms with E-state index < -0.39 is 0 Å². The smallest absolute Gasteiger partial charge is 0.162 e. The van der Waals surface area contributed by atoms with Gasteiger partial charge in [0, 0.05) is 10.9 Å². The molecule has 4 heteroatoms. The van der Waals surface area contributed by atoms with Gasteiger partial charge in [-0.3, -0.25) is 0 Å². The van der Waals surface area contributed by atoms with Gasteiger partial charge in [-0.2, -0.15) is 0 Å². The van der Waals surface area contributed by atoms with Crippen molar-refractivity contribution in [1.29, 1.82) is 0 Å². The molecule has 0 aliphatic carbocycles. The Kier molecular flexibility index (Phi) is 4.09. The number of nitrogens with zero attached hydrogens (tertiary/aromatic N) is 2. The molecule has 3 aromatic rings. The zero-order chi connectivity index (χ0) is 14.8. The molecule has 0 atom stereocenters. The number of rotatable bonds is 3. The Hall–Kier alpha value is -1.64. The largest absolute Gasteiger partial charge is 0.228 e. The third-order valence-corrected chi connectivity index (χ3v) is 3.98. The molecule has 0 unspecified atom stereocenters. The molecular formula is C17H14Cl2N2. The maximum Gasteiger partial charge on any atom is 0.162 e. The Morgan fingerprint density at radius 2 is 1.81 bits per heavy atom. The molecule has 0 spiro atoms. The summed E-state index contributed by atoms with van der Waals surface area (Å²) in [5, 5.41) is 1.97. The van der Waals surface area contributed by atoms with E-state index in [4.69, 9.17) is 23.2 Å². The summed E-state index contributed by atoms with van der Waals surface area (Å²) in [6.07, 6.45) is 2.13. The first kappa shape index (κ1) is 14.3. The van der Waals surface area contributed by atoms with Gasteiger partial charge >= 0.3 is 0 Å². The van der Waals surface area contributed by atoms with Gasteiger partial charge in [-0.05, 0) is 36.2 Å². The van der Waals surface area contributed by atoms with Crippen LogP contribution in [-0.2, 0) is 6.42 Å². The van der Waals surface area contributed by atoms with Gasteiger partial charge in [0.05, 0.1) is 10.5 Å². The van der Waals surface area contributed by atoms with Crippen molar-refractivity contribution in [1.82, 2.24) is 9.97 Å². The Morgan fingerprint density at radius 3 is 2.57 bits per heavy atom. The van der Waals surface area contributed by atoms with E-state index in [1.165, 1.54) is 5.56 Å². The Morgan fingerprint density at radius 1 is 1.00 bits per heavy atom. The highest BCUT2D eigenvalue weighted by molar-refractivity contribution is 6.35. The van der Waals surface area contributed by atoms with Gasteiger partial charge < -0.3 is 0 Å². The van der Waals surface area contributed by atoms with Crippen molar-refractivity contribution in [3.05, 3.63) is 58.2 Å². The standard InChI is InChI=1S/C17H14Cl2N2/c1-2-5-11-8-9-15-13(10-11)16(19)21-17(20-15)12-6-3-4-7-14(12)18/h3-4,6-10H,2,5H2,1H3. The van der Waals surface area contributed by atoms with Crippen LogP contribution in [-0.4, -0.2) is 9.97 Å². The molecule has 3 rings (SSSR count). The second-order valence-corrected chi connectivity index (χ2v) is 5.68. The predicted octanol–water partition coefficient (Wildman–Crippen LogP) is 5.56. The SMILES string of the molecule is CCCc1ccc2nc(-c3ccccc3Cl)nc(Cl)c2c1. The molecule has 0 radical (unpaired) electrons. The van der Waals surface area contributed by atoms with Crippen molar-refractivity contribution in [2.75, 3.05) is 0 Å². The van der Waals surface area contributed by atoms with Crippen molar-refractivity contribution < 1.29 is 0 Å². The molecule has 0 bridgehead atoms. The van der Waals surface area contributed by atoms with E-state index in [0.717, 1.165) is 29.3 Å². The first-order chi connectivity index (χ1) is 10.2. The molecule has 0 saturated heterocycles. The van der Waals surface area contributed by atoms with Crippen LogP contribution < -0.4 is 0 Å². The summed E-state index contributed by atoms with van der Waals surface area (Å²) in [6, 6.07) is 13.7. The van der Waals surface area contributed by atoms with E-state index in [9.17, 15) is 0 Å². The zero-order valence-electron chi connectivity index (χ0n) is 11.6. The summed E-state index contributed by atoms with van der Waals surface area (Å²) in [5.74, 6) is 0.557. The molecule has 0 saturated carbocycles. The minimum Gasteiger partial charge on any atom is -0.228 e. The molecule has 0 aliphatic rings. The van der Waals surface area contributed by atoms with Gasteiger partial charge in [-0.15, -0.1) is 0 Å². The highest BCUT2D eigenvalue weighted by atomic mass is 35.5. The van der Waals surface area contributed by atoms with Crippen LogP contribution in [0.5, 0.6) is 0 Å². The van der Waals surface area contributed by atoms with E-state index in [1.54, 1.807) is 0 Å². The van der Waals surface area contributed by atoms with Gasteiger partial charge in [0.2, 0.25) is 0 Å². The van der Waals surface area contributed by atoms with Gasteiger partial charge in [0.15, 0.2) is 5.82 Å². The number of fused-ring (bicyclic) bond motifs is 1. The summed E-state index contributed by atoms with van der Waals surface area (Å²) in [7, 11) is 0. The second-order valence-electron chi connectivity index (χ2n) is 4.92.